The highest BCUT2D eigenvalue weighted by Gasteiger charge is 2.45. The van der Waals surface area contributed by atoms with Gasteiger partial charge in [-0.25, -0.2) is 0 Å². The van der Waals surface area contributed by atoms with Gasteiger partial charge in [0.05, 0.1) is 12.2 Å². The third-order valence-corrected chi connectivity index (χ3v) is 5.04. The van der Waals surface area contributed by atoms with E-state index in [9.17, 15) is 4.79 Å². The summed E-state index contributed by atoms with van der Waals surface area (Å²) in [5.41, 5.74) is 0. The van der Waals surface area contributed by atoms with Crippen LogP contribution in [-0.4, -0.2) is 53.6 Å². The van der Waals surface area contributed by atoms with Gasteiger partial charge in [-0.1, -0.05) is 27.7 Å². The van der Waals surface area contributed by atoms with Gasteiger partial charge in [-0.15, -0.1) is 0 Å². The topological polar surface area (TPSA) is 35.6 Å². The second-order valence-electron chi connectivity index (χ2n) is 7.33. The molecular formula is C16H31N3O. The molecule has 4 nitrogen and oxygen atoms in total. The normalized spacial score (nSPS) is 36.4. The molecule has 2 aliphatic heterocycles. The molecule has 0 aromatic heterocycles. The molecule has 4 unspecified atom stereocenters. The Morgan fingerprint density at radius 1 is 1.20 bits per heavy atom. The Labute approximate surface area is 123 Å². The van der Waals surface area contributed by atoms with Gasteiger partial charge >= 0.3 is 0 Å². The van der Waals surface area contributed by atoms with Gasteiger partial charge in [0.2, 0.25) is 5.91 Å². The second-order valence-corrected chi connectivity index (χ2v) is 7.33. The van der Waals surface area contributed by atoms with E-state index < -0.39 is 0 Å². The maximum atomic E-state index is 12.8. The van der Waals surface area contributed by atoms with E-state index in [0.717, 1.165) is 19.4 Å². The molecule has 2 rings (SSSR count). The Kier molecular flexibility index (Phi) is 4.75. The van der Waals surface area contributed by atoms with Crippen LogP contribution < -0.4 is 5.32 Å². The summed E-state index contributed by atoms with van der Waals surface area (Å²) >= 11 is 0. The third kappa shape index (κ3) is 2.86. The van der Waals surface area contributed by atoms with Gasteiger partial charge in [0.25, 0.3) is 0 Å². The van der Waals surface area contributed by atoms with Gasteiger partial charge in [0.15, 0.2) is 0 Å². The fraction of sp³-hybridized carbons (Fsp3) is 0.938. The number of carbonyl (C=O) groups excluding carboxylic acids is 1. The van der Waals surface area contributed by atoms with E-state index in [0.29, 0.717) is 29.8 Å². The lowest BCUT2D eigenvalue weighted by Gasteiger charge is -2.42. The summed E-state index contributed by atoms with van der Waals surface area (Å²) in [7, 11) is 2.18. The van der Waals surface area contributed by atoms with Crippen LogP contribution in [0.3, 0.4) is 0 Å². The Bertz CT molecular complexity index is 356. The average molecular weight is 281 g/mol. The van der Waals surface area contributed by atoms with Gasteiger partial charge < -0.3 is 9.80 Å². The highest BCUT2D eigenvalue weighted by Crippen LogP contribution is 2.29. The van der Waals surface area contributed by atoms with E-state index in [1.165, 1.54) is 0 Å². The molecule has 2 saturated heterocycles. The number of nitrogens with zero attached hydrogens (tertiary/aromatic N) is 2. The first-order valence-corrected chi connectivity index (χ1v) is 8.11. The first-order chi connectivity index (χ1) is 9.32. The fourth-order valence-corrected chi connectivity index (χ4v) is 3.55. The van der Waals surface area contributed by atoms with Crippen LogP contribution in [-0.2, 0) is 4.79 Å². The smallest absolute Gasteiger partial charge is 0.241 e. The Balaban J connectivity index is 2.16. The molecule has 20 heavy (non-hydrogen) atoms. The minimum Gasteiger partial charge on any atom is -0.322 e. The first-order valence-electron chi connectivity index (χ1n) is 8.11. The number of rotatable bonds is 3. The molecule has 1 amide bonds. The van der Waals surface area contributed by atoms with Crippen molar-refractivity contribution in [2.24, 2.45) is 11.8 Å². The van der Waals surface area contributed by atoms with Crippen LogP contribution in [0.4, 0.5) is 0 Å². The zero-order valence-corrected chi connectivity index (χ0v) is 13.9. The monoisotopic (exact) mass is 281 g/mol. The van der Waals surface area contributed by atoms with Crippen LogP contribution in [0.2, 0.25) is 0 Å². The number of hydrogen-bond donors (Lipinski definition) is 1. The highest BCUT2D eigenvalue weighted by atomic mass is 16.2. The predicted octanol–water partition coefficient (Wildman–Crippen LogP) is 1.91. The number of likely N-dealkylation sites (tertiary alicyclic amines) is 1. The lowest BCUT2D eigenvalue weighted by molar-refractivity contribution is -0.134. The van der Waals surface area contributed by atoms with Crippen molar-refractivity contribution >= 4 is 5.91 Å². The highest BCUT2D eigenvalue weighted by molar-refractivity contribution is 5.85. The van der Waals surface area contributed by atoms with Crippen molar-refractivity contribution in [2.45, 2.75) is 71.8 Å². The van der Waals surface area contributed by atoms with E-state index in [4.69, 9.17) is 0 Å². The molecule has 0 aromatic rings. The van der Waals surface area contributed by atoms with Crippen molar-refractivity contribution in [2.75, 3.05) is 13.6 Å². The summed E-state index contributed by atoms with van der Waals surface area (Å²) in [5.74, 6) is 1.13. The van der Waals surface area contributed by atoms with Crippen molar-refractivity contribution in [3.8, 4) is 0 Å². The molecule has 0 bridgehead atoms. The molecular weight excluding hydrogens is 250 g/mol. The van der Waals surface area contributed by atoms with Gasteiger partial charge in [-0.3, -0.25) is 10.1 Å². The Morgan fingerprint density at radius 3 is 2.35 bits per heavy atom. The van der Waals surface area contributed by atoms with E-state index in [2.05, 4.69) is 56.8 Å². The molecule has 2 fully saturated rings. The molecule has 1 N–H and O–H groups in total. The van der Waals surface area contributed by atoms with Crippen molar-refractivity contribution in [1.29, 1.82) is 0 Å². The zero-order chi connectivity index (χ0) is 15.0. The quantitative estimate of drug-likeness (QED) is 0.858. The predicted molar refractivity (Wildman–Crippen MR) is 82.3 cm³/mol. The maximum absolute atomic E-state index is 12.8. The molecule has 0 spiro atoms. The van der Waals surface area contributed by atoms with E-state index in [1.54, 1.807) is 0 Å². The number of hydrogen-bond acceptors (Lipinski definition) is 3. The number of nitrogens with one attached hydrogen (secondary N) is 1. The molecule has 4 heteroatoms. The van der Waals surface area contributed by atoms with E-state index >= 15 is 0 Å². The summed E-state index contributed by atoms with van der Waals surface area (Å²) < 4.78 is 0. The zero-order valence-electron chi connectivity index (χ0n) is 13.9. The van der Waals surface area contributed by atoms with Crippen molar-refractivity contribution < 1.29 is 4.79 Å². The minimum atomic E-state index is -0.00244. The summed E-state index contributed by atoms with van der Waals surface area (Å²) in [4.78, 5) is 17.4. The van der Waals surface area contributed by atoms with Crippen molar-refractivity contribution in [1.82, 2.24) is 15.1 Å². The summed E-state index contributed by atoms with van der Waals surface area (Å²) in [6.45, 7) is 12.0. The third-order valence-electron chi connectivity index (χ3n) is 5.04. The maximum Gasteiger partial charge on any atom is 0.241 e. The van der Waals surface area contributed by atoms with Crippen LogP contribution in [0.15, 0.2) is 0 Å². The summed E-state index contributed by atoms with van der Waals surface area (Å²) in [6.07, 6.45) is 2.40. The molecule has 2 heterocycles. The van der Waals surface area contributed by atoms with Crippen LogP contribution >= 0.6 is 0 Å². The van der Waals surface area contributed by atoms with Gasteiger partial charge in [-0.2, -0.15) is 0 Å². The second kappa shape index (κ2) is 6.02. The van der Waals surface area contributed by atoms with E-state index in [-0.39, 0.29) is 12.2 Å². The molecule has 0 radical (unpaired) electrons. The Morgan fingerprint density at radius 2 is 1.85 bits per heavy atom. The SMILES string of the molecule is CC(C)C1NC(C(C)C)N(C2CCN(C)C(C)C2)C1=O. The van der Waals surface area contributed by atoms with Crippen molar-refractivity contribution in [3.05, 3.63) is 0 Å². The fourth-order valence-electron chi connectivity index (χ4n) is 3.55. The lowest BCUT2D eigenvalue weighted by atomic mass is 9.95. The molecule has 4 atom stereocenters. The van der Waals surface area contributed by atoms with Crippen LogP contribution in [0.25, 0.3) is 0 Å². The van der Waals surface area contributed by atoms with E-state index in [1.807, 2.05) is 0 Å². The minimum absolute atomic E-state index is 0.00244. The molecule has 0 saturated carbocycles. The van der Waals surface area contributed by atoms with Crippen molar-refractivity contribution in [3.63, 3.8) is 0 Å². The largest absolute Gasteiger partial charge is 0.322 e. The average Bonchev–Trinajstić information content (AvgIpc) is 2.71. The van der Waals surface area contributed by atoms with Gasteiger partial charge in [-0.05, 0) is 38.6 Å². The number of piperidine rings is 1. The van der Waals surface area contributed by atoms with Gasteiger partial charge in [0, 0.05) is 18.6 Å². The number of carbonyl (C=O) groups is 1. The molecule has 116 valence electrons. The first kappa shape index (κ1) is 15.8. The number of amides is 1. The molecule has 0 aromatic carbocycles. The van der Waals surface area contributed by atoms with Crippen LogP contribution in [0.5, 0.6) is 0 Å². The summed E-state index contributed by atoms with van der Waals surface area (Å²) in [6, 6.07) is 0.960. The Hall–Kier alpha value is -0.610. The molecule has 2 aliphatic rings. The van der Waals surface area contributed by atoms with Crippen LogP contribution in [0.1, 0.15) is 47.5 Å². The summed E-state index contributed by atoms with van der Waals surface area (Å²) in [5, 5.41) is 3.58. The lowest BCUT2D eigenvalue weighted by Crippen LogP contribution is -2.53. The standard InChI is InChI=1S/C16H31N3O/c1-10(2)14-16(20)19(15(17-14)11(3)4)13-7-8-18(6)12(5)9-13/h10-15,17H,7-9H2,1-6H3. The van der Waals surface area contributed by atoms with Gasteiger partial charge in [0.1, 0.15) is 0 Å². The van der Waals surface area contributed by atoms with Crippen LogP contribution in [0, 0.1) is 11.8 Å². The molecule has 0 aliphatic carbocycles.